The zero-order valence-electron chi connectivity index (χ0n) is 13.3. The van der Waals surface area contributed by atoms with E-state index in [1.807, 2.05) is 0 Å². The Morgan fingerprint density at radius 1 is 1.38 bits per heavy atom. The van der Waals surface area contributed by atoms with Crippen molar-refractivity contribution in [1.29, 1.82) is 0 Å². The average Bonchev–Trinajstić information content (AvgIpc) is 2.44. The zero-order valence-corrected chi connectivity index (χ0v) is 15.7. The molecule has 126 valence electrons. The molecule has 1 fully saturated rings. The maximum Gasteiger partial charge on any atom is 0.188 e. The summed E-state index contributed by atoms with van der Waals surface area (Å²) < 4.78 is 10.8. The van der Waals surface area contributed by atoms with Crippen LogP contribution in [0.5, 0.6) is 0 Å². The van der Waals surface area contributed by atoms with Gasteiger partial charge in [-0.05, 0) is 12.3 Å². The van der Waals surface area contributed by atoms with Crippen molar-refractivity contribution in [2.45, 2.75) is 20.3 Å². The van der Waals surface area contributed by atoms with E-state index in [1.54, 1.807) is 0 Å². The van der Waals surface area contributed by atoms with Crippen LogP contribution in [-0.2, 0) is 9.47 Å². The summed E-state index contributed by atoms with van der Waals surface area (Å²) >= 11 is 0. The van der Waals surface area contributed by atoms with E-state index in [1.165, 1.54) is 0 Å². The van der Waals surface area contributed by atoms with Gasteiger partial charge in [0, 0.05) is 39.3 Å². The molecule has 1 saturated heterocycles. The van der Waals surface area contributed by atoms with E-state index < -0.39 is 0 Å². The number of nitrogens with two attached hydrogens (primary N) is 1. The SMILES string of the molecule is CC(C)COCCNC(N)=NCCCN1CCOCC1.I. The molecule has 0 amide bonds. The Kier molecular flexibility index (Phi) is 13.5. The van der Waals surface area contributed by atoms with Gasteiger partial charge < -0.3 is 20.5 Å². The van der Waals surface area contributed by atoms with Crippen LogP contribution < -0.4 is 11.1 Å². The molecule has 0 bridgehead atoms. The number of nitrogens with one attached hydrogen (secondary N) is 1. The van der Waals surface area contributed by atoms with Crippen LogP contribution in [-0.4, -0.2) is 70.0 Å². The molecular formula is C14H31IN4O2. The quantitative estimate of drug-likeness (QED) is 0.254. The van der Waals surface area contributed by atoms with E-state index in [-0.39, 0.29) is 24.0 Å². The minimum Gasteiger partial charge on any atom is -0.379 e. The third-order valence-corrected chi connectivity index (χ3v) is 3.02. The summed E-state index contributed by atoms with van der Waals surface area (Å²) in [7, 11) is 0. The van der Waals surface area contributed by atoms with Crippen LogP contribution in [0, 0.1) is 5.92 Å². The minimum absolute atomic E-state index is 0. The Balaban J connectivity index is 0.00000400. The Labute approximate surface area is 145 Å². The summed E-state index contributed by atoms with van der Waals surface area (Å²) in [6.45, 7) is 12.0. The summed E-state index contributed by atoms with van der Waals surface area (Å²) in [4.78, 5) is 6.72. The first-order chi connectivity index (χ1) is 9.68. The largest absolute Gasteiger partial charge is 0.379 e. The standard InChI is InChI=1S/C14H30N4O2.HI/c1-13(2)12-20-9-5-17-14(15)16-4-3-6-18-7-10-19-11-8-18;/h13H,3-12H2,1-2H3,(H3,15,16,17);1H. The van der Waals surface area contributed by atoms with Crippen LogP contribution in [0.1, 0.15) is 20.3 Å². The summed E-state index contributed by atoms with van der Waals surface area (Å²) in [6, 6.07) is 0. The molecule has 1 rings (SSSR count). The minimum atomic E-state index is 0. The number of morpholine rings is 1. The van der Waals surface area contributed by atoms with Crippen molar-refractivity contribution in [2.24, 2.45) is 16.6 Å². The lowest BCUT2D eigenvalue weighted by Crippen LogP contribution is -2.37. The van der Waals surface area contributed by atoms with E-state index in [0.29, 0.717) is 25.0 Å². The van der Waals surface area contributed by atoms with E-state index in [9.17, 15) is 0 Å². The molecule has 3 N–H and O–H groups in total. The van der Waals surface area contributed by atoms with E-state index in [2.05, 4.69) is 29.1 Å². The second-order valence-corrected chi connectivity index (χ2v) is 5.47. The fraction of sp³-hybridized carbons (Fsp3) is 0.929. The van der Waals surface area contributed by atoms with Gasteiger partial charge in [-0.3, -0.25) is 9.89 Å². The molecule has 6 nitrogen and oxygen atoms in total. The van der Waals surface area contributed by atoms with Gasteiger partial charge in [-0.1, -0.05) is 13.8 Å². The average molecular weight is 414 g/mol. The van der Waals surface area contributed by atoms with Crippen LogP contribution in [0.15, 0.2) is 4.99 Å². The van der Waals surface area contributed by atoms with Gasteiger partial charge in [0.05, 0.1) is 19.8 Å². The molecule has 0 aromatic heterocycles. The van der Waals surface area contributed by atoms with Crippen LogP contribution >= 0.6 is 24.0 Å². The lowest BCUT2D eigenvalue weighted by Gasteiger charge is -2.26. The monoisotopic (exact) mass is 414 g/mol. The number of rotatable bonds is 9. The molecule has 21 heavy (non-hydrogen) atoms. The summed E-state index contributed by atoms with van der Waals surface area (Å²) in [6.07, 6.45) is 1.03. The highest BCUT2D eigenvalue weighted by molar-refractivity contribution is 14.0. The van der Waals surface area contributed by atoms with Crippen molar-refractivity contribution in [3.63, 3.8) is 0 Å². The van der Waals surface area contributed by atoms with Crippen LogP contribution in [0.25, 0.3) is 0 Å². The summed E-state index contributed by atoms with van der Waals surface area (Å²) in [5, 5.41) is 3.06. The third-order valence-electron chi connectivity index (χ3n) is 3.02. The first kappa shape index (κ1) is 20.9. The highest BCUT2D eigenvalue weighted by Crippen LogP contribution is 1.97. The van der Waals surface area contributed by atoms with Gasteiger partial charge in [0.15, 0.2) is 5.96 Å². The maximum absolute atomic E-state index is 5.78. The second kappa shape index (κ2) is 13.5. The lowest BCUT2D eigenvalue weighted by atomic mass is 10.2. The van der Waals surface area contributed by atoms with Gasteiger partial charge in [0.1, 0.15) is 0 Å². The molecule has 0 aromatic rings. The molecule has 1 heterocycles. The summed E-state index contributed by atoms with van der Waals surface area (Å²) in [5.74, 6) is 1.08. The third kappa shape index (κ3) is 12.1. The fourth-order valence-corrected chi connectivity index (χ4v) is 1.94. The zero-order chi connectivity index (χ0) is 14.6. The topological polar surface area (TPSA) is 72.1 Å². The maximum atomic E-state index is 5.78. The number of nitrogens with zero attached hydrogens (tertiary/aromatic N) is 2. The van der Waals surface area contributed by atoms with E-state index in [0.717, 1.165) is 52.4 Å². The molecular weight excluding hydrogens is 383 g/mol. The molecule has 0 unspecified atom stereocenters. The predicted octanol–water partition coefficient (Wildman–Crippen LogP) is 0.904. The Hall–Kier alpha value is -0.120. The van der Waals surface area contributed by atoms with Crippen LogP contribution in [0.4, 0.5) is 0 Å². The highest BCUT2D eigenvalue weighted by atomic mass is 127. The van der Waals surface area contributed by atoms with Gasteiger partial charge in [-0.25, -0.2) is 0 Å². The number of guanidine groups is 1. The molecule has 7 heteroatoms. The Bertz CT molecular complexity index is 272. The number of aliphatic imine (C=N–C) groups is 1. The molecule has 0 aromatic carbocycles. The number of hydrogen-bond donors (Lipinski definition) is 2. The van der Waals surface area contributed by atoms with Gasteiger partial charge in [0.25, 0.3) is 0 Å². The molecule has 0 aliphatic carbocycles. The molecule has 0 saturated carbocycles. The Morgan fingerprint density at radius 2 is 2.10 bits per heavy atom. The molecule has 1 aliphatic rings. The normalized spacial score (nSPS) is 16.8. The molecule has 0 atom stereocenters. The molecule has 0 radical (unpaired) electrons. The first-order valence-corrected chi connectivity index (χ1v) is 7.60. The lowest BCUT2D eigenvalue weighted by molar-refractivity contribution is 0.0377. The van der Waals surface area contributed by atoms with Crippen molar-refractivity contribution in [1.82, 2.24) is 10.2 Å². The highest BCUT2D eigenvalue weighted by Gasteiger charge is 2.08. The van der Waals surface area contributed by atoms with Crippen molar-refractivity contribution < 1.29 is 9.47 Å². The first-order valence-electron chi connectivity index (χ1n) is 7.60. The van der Waals surface area contributed by atoms with E-state index >= 15 is 0 Å². The van der Waals surface area contributed by atoms with Gasteiger partial charge in [-0.15, -0.1) is 24.0 Å². The predicted molar refractivity (Wildman–Crippen MR) is 97.4 cm³/mol. The number of ether oxygens (including phenoxy) is 2. The van der Waals surface area contributed by atoms with Crippen molar-refractivity contribution in [2.75, 3.05) is 59.2 Å². The molecule has 1 aliphatic heterocycles. The Morgan fingerprint density at radius 3 is 2.76 bits per heavy atom. The van der Waals surface area contributed by atoms with Crippen molar-refractivity contribution in [3.05, 3.63) is 0 Å². The van der Waals surface area contributed by atoms with Gasteiger partial charge >= 0.3 is 0 Å². The summed E-state index contributed by atoms with van der Waals surface area (Å²) in [5.41, 5.74) is 5.78. The van der Waals surface area contributed by atoms with Crippen LogP contribution in [0.2, 0.25) is 0 Å². The number of hydrogen-bond acceptors (Lipinski definition) is 4. The van der Waals surface area contributed by atoms with Crippen LogP contribution in [0.3, 0.4) is 0 Å². The smallest absolute Gasteiger partial charge is 0.188 e. The fourth-order valence-electron chi connectivity index (χ4n) is 1.94. The van der Waals surface area contributed by atoms with Crippen molar-refractivity contribution in [3.8, 4) is 0 Å². The van der Waals surface area contributed by atoms with E-state index in [4.69, 9.17) is 15.2 Å². The van der Waals surface area contributed by atoms with Crippen molar-refractivity contribution >= 4 is 29.9 Å². The number of halogens is 1. The molecule has 0 spiro atoms. The van der Waals surface area contributed by atoms with Gasteiger partial charge in [-0.2, -0.15) is 0 Å². The second-order valence-electron chi connectivity index (χ2n) is 5.47. The van der Waals surface area contributed by atoms with Gasteiger partial charge in [0.2, 0.25) is 0 Å².